The second-order valence-electron chi connectivity index (χ2n) is 5.03. The van der Waals surface area contributed by atoms with Crippen LogP contribution in [0, 0.1) is 0 Å². The van der Waals surface area contributed by atoms with Crippen molar-refractivity contribution in [1.29, 1.82) is 0 Å². The van der Waals surface area contributed by atoms with E-state index in [9.17, 15) is 35.4 Å². The van der Waals surface area contributed by atoms with Crippen molar-refractivity contribution in [3.05, 3.63) is 54.6 Å². The molecule has 3 aromatic rings. The third-order valence-corrected chi connectivity index (χ3v) is 2.78. The van der Waals surface area contributed by atoms with Crippen LogP contribution >= 0.6 is 7.81 Å². The van der Waals surface area contributed by atoms with Crippen molar-refractivity contribution in [1.82, 2.24) is 0 Å². The van der Waals surface area contributed by atoms with Gasteiger partial charge in [0.1, 0.15) is 11.5 Å². The van der Waals surface area contributed by atoms with Crippen LogP contribution in [0.25, 0.3) is 22.3 Å². The van der Waals surface area contributed by atoms with Gasteiger partial charge in [0.15, 0.2) is 0 Å². The molecule has 0 atom stereocenters. The number of fused-ring (bicyclic) bond motifs is 1. The largest absolute Gasteiger partial charge is 0.508 e. The van der Waals surface area contributed by atoms with E-state index in [1.165, 1.54) is 0 Å². The van der Waals surface area contributed by atoms with E-state index in [1.807, 2.05) is 12.1 Å². The van der Waals surface area contributed by atoms with Gasteiger partial charge >= 0.3 is 44.3 Å². The molecule has 2 aromatic carbocycles. The van der Waals surface area contributed by atoms with Gasteiger partial charge in [-0.05, 0) is 42.5 Å². The number of hydrogen-bond acceptors (Lipinski definition) is 2. The fourth-order valence-corrected chi connectivity index (χ4v) is 1.86. The SMILES string of the molecule is F[P-](F)(F)(F)(F)F.Oc1ccc(-c2ccc3cc(O)ccc3[o+]2)cc1. The minimum absolute atomic E-state index is 0.218. The number of halogens is 6. The van der Waals surface area contributed by atoms with Crippen molar-refractivity contribution in [3.8, 4) is 22.8 Å². The Labute approximate surface area is 137 Å². The third kappa shape index (κ3) is 7.26. The second kappa shape index (κ2) is 5.49. The molecule has 0 aliphatic rings. The third-order valence-electron chi connectivity index (χ3n) is 2.78. The zero-order valence-electron chi connectivity index (χ0n) is 12.2. The molecule has 136 valence electrons. The summed E-state index contributed by atoms with van der Waals surface area (Å²) in [6, 6.07) is 15.5. The number of hydrogen-bond donors (Lipinski definition) is 2. The first-order chi connectivity index (χ1) is 11.2. The van der Waals surface area contributed by atoms with Crippen LogP contribution in [0.15, 0.2) is 59.0 Å². The maximum Gasteiger partial charge on any atom is 0.361 e. The van der Waals surface area contributed by atoms with Crippen LogP contribution in [0.1, 0.15) is 0 Å². The molecule has 0 amide bonds. The van der Waals surface area contributed by atoms with Crippen LogP contribution in [0.5, 0.6) is 11.5 Å². The van der Waals surface area contributed by atoms with Gasteiger partial charge in [-0.15, -0.1) is 0 Å². The van der Waals surface area contributed by atoms with Gasteiger partial charge in [0.25, 0.3) is 0 Å². The Hall–Kier alpha value is -2.54. The quantitative estimate of drug-likeness (QED) is 0.266. The predicted molar refractivity (Wildman–Crippen MR) is 83.0 cm³/mol. The van der Waals surface area contributed by atoms with Crippen LogP contribution < -0.4 is 0 Å². The Balaban J connectivity index is 0.000000277. The number of phenols is 2. The molecule has 0 saturated heterocycles. The van der Waals surface area contributed by atoms with Gasteiger partial charge in [0.2, 0.25) is 0 Å². The molecule has 0 saturated carbocycles. The first kappa shape index (κ1) is 18.8. The maximum atomic E-state index is 9.87. The van der Waals surface area contributed by atoms with E-state index >= 15 is 0 Å². The monoisotopic (exact) mass is 384 g/mol. The van der Waals surface area contributed by atoms with Gasteiger partial charge in [-0.3, -0.25) is 0 Å². The van der Waals surface area contributed by atoms with Crippen molar-refractivity contribution in [2.75, 3.05) is 0 Å². The molecular weight excluding hydrogens is 373 g/mol. The standard InChI is InChI=1S/C15H10O3.F6P/c16-12-4-1-10(2-5-12)14-7-3-11-9-13(17)6-8-15(11)18-14;1-7(2,3,4,5)6/h1-9H,(H-,16,17);/q;-1/p+1. The number of phenolic OH excluding ortho intramolecular Hbond substituents is 2. The van der Waals surface area contributed by atoms with E-state index in [-0.39, 0.29) is 11.5 Å². The Morgan fingerprint density at radius 2 is 1.20 bits per heavy atom. The van der Waals surface area contributed by atoms with E-state index in [0.29, 0.717) is 11.3 Å². The van der Waals surface area contributed by atoms with E-state index in [4.69, 9.17) is 4.42 Å². The molecule has 0 bridgehead atoms. The summed E-state index contributed by atoms with van der Waals surface area (Å²) in [6.07, 6.45) is 0. The summed E-state index contributed by atoms with van der Waals surface area (Å²) in [7, 11) is -10.7. The summed E-state index contributed by atoms with van der Waals surface area (Å²) >= 11 is 0. The summed E-state index contributed by atoms with van der Waals surface area (Å²) in [5, 5.41) is 19.5. The van der Waals surface area contributed by atoms with Crippen molar-refractivity contribution < 1.29 is 39.8 Å². The van der Waals surface area contributed by atoms with Crippen molar-refractivity contribution in [2.24, 2.45) is 0 Å². The van der Waals surface area contributed by atoms with Crippen LogP contribution in [-0.2, 0) is 0 Å². The van der Waals surface area contributed by atoms with Gasteiger partial charge in [0.05, 0.1) is 10.9 Å². The summed E-state index contributed by atoms with van der Waals surface area (Å²) in [5.74, 6) is 1.16. The van der Waals surface area contributed by atoms with Crippen LogP contribution in [-0.4, -0.2) is 10.2 Å². The summed E-state index contributed by atoms with van der Waals surface area (Å²) in [5.41, 5.74) is 1.60. The van der Waals surface area contributed by atoms with E-state index in [1.54, 1.807) is 42.5 Å². The molecule has 10 heteroatoms. The maximum absolute atomic E-state index is 10.7. The topological polar surface area (TPSA) is 51.8 Å². The summed E-state index contributed by atoms with van der Waals surface area (Å²) in [6.45, 7) is 0. The molecule has 0 radical (unpaired) electrons. The molecule has 1 heterocycles. The second-order valence-corrected chi connectivity index (χ2v) is 6.94. The molecule has 0 aliphatic carbocycles. The molecule has 0 aliphatic heterocycles. The Kier molecular flexibility index (Phi) is 4.13. The smallest absolute Gasteiger partial charge is 0.361 e. The van der Waals surface area contributed by atoms with Crippen LogP contribution in [0.4, 0.5) is 25.2 Å². The molecule has 2 N–H and O–H groups in total. The van der Waals surface area contributed by atoms with Crippen molar-refractivity contribution >= 4 is 18.8 Å². The zero-order valence-corrected chi connectivity index (χ0v) is 13.1. The molecule has 1 aromatic heterocycles. The summed E-state index contributed by atoms with van der Waals surface area (Å²) in [4.78, 5) is 0. The van der Waals surface area contributed by atoms with Crippen LogP contribution in [0.3, 0.4) is 0 Å². The van der Waals surface area contributed by atoms with Crippen LogP contribution in [0.2, 0.25) is 0 Å². The first-order valence-electron chi connectivity index (χ1n) is 6.59. The number of aromatic hydroxyl groups is 2. The van der Waals surface area contributed by atoms with Gasteiger partial charge in [-0.1, -0.05) is 0 Å². The average Bonchev–Trinajstić information content (AvgIpc) is 2.44. The van der Waals surface area contributed by atoms with Gasteiger partial charge < -0.3 is 10.2 Å². The van der Waals surface area contributed by atoms with E-state index in [2.05, 4.69) is 0 Å². The fourth-order valence-electron chi connectivity index (χ4n) is 1.86. The van der Waals surface area contributed by atoms with Gasteiger partial charge in [-0.25, -0.2) is 4.42 Å². The fraction of sp³-hybridized carbons (Fsp3) is 0. The summed E-state index contributed by atoms with van der Waals surface area (Å²) < 4.78 is 64.9. The minimum atomic E-state index is -10.7. The van der Waals surface area contributed by atoms with Gasteiger partial charge in [-0.2, -0.15) is 0 Å². The zero-order chi connectivity index (χ0) is 18.9. The normalized spacial score (nSPS) is 14.2. The molecular formula is C15H11F6O3P. The molecule has 3 rings (SSSR count). The Morgan fingerprint density at radius 3 is 1.76 bits per heavy atom. The van der Waals surface area contributed by atoms with Crippen molar-refractivity contribution in [3.63, 3.8) is 0 Å². The Bertz CT molecular complexity index is 897. The molecule has 25 heavy (non-hydrogen) atoms. The predicted octanol–water partition coefficient (Wildman–Crippen LogP) is 7.17. The Morgan fingerprint density at radius 1 is 0.680 bits per heavy atom. The van der Waals surface area contributed by atoms with Gasteiger partial charge in [0, 0.05) is 12.1 Å². The first-order valence-corrected chi connectivity index (χ1v) is 8.62. The number of benzene rings is 2. The average molecular weight is 384 g/mol. The molecule has 0 spiro atoms. The molecule has 3 nitrogen and oxygen atoms in total. The number of rotatable bonds is 1. The van der Waals surface area contributed by atoms with E-state index in [0.717, 1.165) is 10.9 Å². The van der Waals surface area contributed by atoms with E-state index < -0.39 is 7.81 Å². The van der Waals surface area contributed by atoms with Crippen molar-refractivity contribution in [2.45, 2.75) is 0 Å². The minimum Gasteiger partial charge on any atom is -0.508 e. The molecule has 0 unspecified atom stereocenters. The molecule has 0 fully saturated rings.